The zero-order valence-corrected chi connectivity index (χ0v) is 43.9. The topological polar surface area (TPSA) is 185 Å². The van der Waals surface area contributed by atoms with Gasteiger partial charge in [-0.15, -0.1) is 0 Å². The Morgan fingerprint density at radius 2 is 1.46 bits per heavy atom. The van der Waals surface area contributed by atoms with Gasteiger partial charge in [-0.1, -0.05) is 30.3 Å². The molecule has 0 bridgehead atoms. The van der Waals surface area contributed by atoms with E-state index in [-0.39, 0.29) is 30.6 Å². The molecular weight excluding hydrogens is 911 g/mol. The van der Waals surface area contributed by atoms with Crippen LogP contribution in [0.2, 0.25) is 0 Å². The molecule has 18 nitrogen and oxygen atoms in total. The van der Waals surface area contributed by atoms with Gasteiger partial charge in [-0.25, -0.2) is 29.1 Å². The summed E-state index contributed by atoms with van der Waals surface area (Å²) in [6.45, 7) is 22.2. The van der Waals surface area contributed by atoms with Gasteiger partial charge in [0.25, 0.3) is 0 Å². The highest BCUT2D eigenvalue weighted by Crippen LogP contribution is 2.48. The monoisotopic (exact) mass is 986 g/mol. The molecule has 5 atom stereocenters. The molecule has 2 aliphatic rings. The number of methoxy groups -OCH3 is 1. The molecule has 3 heterocycles. The number of fused-ring (bicyclic) bond motifs is 2. The summed E-state index contributed by atoms with van der Waals surface area (Å²) in [5.74, 6) is 0.288. The van der Waals surface area contributed by atoms with Crippen molar-refractivity contribution in [2.75, 3.05) is 51.8 Å². The Bertz CT molecular complexity index is 2440. The number of amides is 3. The molecule has 2 aromatic carbocycles. The number of carbonyl (C=O) groups is 4. The minimum Gasteiger partial charge on any atom is -0.467 e. The number of nitrogens with zero attached hydrogens (tertiary/aromatic N) is 6. The second kappa shape index (κ2) is 22.6. The number of carbonyl (C=O) groups excluding carboxylic acids is 4. The van der Waals surface area contributed by atoms with Gasteiger partial charge >= 0.3 is 24.2 Å². The van der Waals surface area contributed by atoms with Crippen LogP contribution in [-0.2, 0) is 39.6 Å². The van der Waals surface area contributed by atoms with E-state index in [2.05, 4.69) is 19.8 Å². The molecule has 3 amide bonds. The number of anilines is 1. The van der Waals surface area contributed by atoms with Gasteiger partial charge in [0.2, 0.25) is 0 Å². The molecular formula is C53H75N7O11. The Hall–Kier alpha value is -5.98. The van der Waals surface area contributed by atoms with Crippen molar-refractivity contribution in [1.82, 2.24) is 29.7 Å². The highest BCUT2D eigenvalue weighted by Gasteiger charge is 2.55. The van der Waals surface area contributed by atoms with Gasteiger partial charge in [0.1, 0.15) is 52.4 Å². The normalized spacial score (nSPS) is 19.2. The summed E-state index contributed by atoms with van der Waals surface area (Å²) in [6.07, 6.45) is 2.99. The Morgan fingerprint density at radius 1 is 0.803 bits per heavy atom. The van der Waals surface area contributed by atoms with Crippen LogP contribution in [0.5, 0.6) is 11.5 Å². The van der Waals surface area contributed by atoms with Crippen molar-refractivity contribution in [3.63, 3.8) is 0 Å². The minimum atomic E-state index is -0.995. The van der Waals surface area contributed by atoms with E-state index in [0.29, 0.717) is 74.6 Å². The molecule has 18 heteroatoms. The zero-order chi connectivity index (χ0) is 51.9. The van der Waals surface area contributed by atoms with E-state index < -0.39 is 52.9 Å². The number of alkyl carbamates (subject to hydrolysis) is 1. The number of benzene rings is 2. The van der Waals surface area contributed by atoms with Crippen molar-refractivity contribution < 1.29 is 52.3 Å². The standard InChI is InChI=1S/C53H75N7O11/c1-50(2,3)69-47(62)56-40(46(61)65-13)25-28-58(26-18-27-59(49(64)71-52(7,8)9)29-23-35-19-17-22-38(31-35)66-37-20-15-14-16-21-37)33-36-32-41(43-42(36)67-53(10,11)68-43)60-30-24-39-44(54-34-55-45(39)60)57(12)48(63)70-51(4,5)6/h14-17,19-22,24,30-31,34,36,40-43H,18,23,25-29,32-33H2,1-13H3,(H,56,62)/t36-,40+,41-,42-,43+/m1/s1. The molecule has 71 heavy (non-hydrogen) atoms. The Balaban J connectivity index is 1.24. The summed E-state index contributed by atoms with van der Waals surface area (Å²) in [4.78, 5) is 67.7. The van der Waals surface area contributed by atoms with Gasteiger partial charge in [0.15, 0.2) is 11.6 Å². The fourth-order valence-corrected chi connectivity index (χ4v) is 8.96. The summed E-state index contributed by atoms with van der Waals surface area (Å²) < 4.78 is 43.8. The van der Waals surface area contributed by atoms with Gasteiger partial charge in [-0.2, -0.15) is 0 Å². The van der Waals surface area contributed by atoms with Crippen molar-refractivity contribution in [2.24, 2.45) is 5.92 Å². The third-order valence-electron chi connectivity index (χ3n) is 11.9. The van der Waals surface area contributed by atoms with Gasteiger partial charge in [-0.3, -0.25) is 4.90 Å². The van der Waals surface area contributed by atoms with Gasteiger partial charge in [0, 0.05) is 45.3 Å². The number of hydrogen-bond acceptors (Lipinski definition) is 14. The predicted molar refractivity (Wildman–Crippen MR) is 268 cm³/mol. The highest BCUT2D eigenvalue weighted by molar-refractivity contribution is 5.97. The van der Waals surface area contributed by atoms with E-state index in [4.69, 9.17) is 38.1 Å². The number of rotatable bonds is 18. The van der Waals surface area contributed by atoms with E-state index >= 15 is 0 Å². The van der Waals surface area contributed by atoms with Crippen molar-refractivity contribution in [3.05, 3.63) is 78.8 Å². The first kappa shape index (κ1) is 54.4. The molecule has 388 valence electrons. The molecule has 0 spiro atoms. The summed E-state index contributed by atoms with van der Waals surface area (Å²) in [6, 6.07) is 18.1. The van der Waals surface area contributed by atoms with Crippen LogP contribution in [0.25, 0.3) is 11.0 Å². The maximum atomic E-state index is 13.8. The van der Waals surface area contributed by atoms with Crippen LogP contribution in [0.15, 0.2) is 73.2 Å². The minimum absolute atomic E-state index is 0.0716. The van der Waals surface area contributed by atoms with E-state index in [9.17, 15) is 19.2 Å². The second-order valence-corrected chi connectivity index (χ2v) is 21.8. The third-order valence-corrected chi connectivity index (χ3v) is 11.9. The number of ether oxygens (including phenoxy) is 7. The molecule has 2 fully saturated rings. The van der Waals surface area contributed by atoms with Crippen LogP contribution in [-0.4, -0.2) is 136 Å². The quantitative estimate of drug-likeness (QED) is 0.0734. The van der Waals surface area contributed by atoms with E-state index in [1.807, 2.05) is 122 Å². The molecule has 0 unspecified atom stereocenters. The molecule has 0 radical (unpaired) electrons. The third kappa shape index (κ3) is 15.5. The lowest BCUT2D eigenvalue weighted by molar-refractivity contribution is -0.161. The summed E-state index contributed by atoms with van der Waals surface area (Å²) in [7, 11) is 2.91. The molecule has 1 saturated heterocycles. The smallest absolute Gasteiger partial charge is 0.415 e. The summed E-state index contributed by atoms with van der Waals surface area (Å²) >= 11 is 0. The molecule has 1 N–H and O–H groups in total. The van der Waals surface area contributed by atoms with Crippen molar-refractivity contribution >= 4 is 41.1 Å². The molecule has 1 aliphatic heterocycles. The second-order valence-electron chi connectivity index (χ2n) is 21.8. The molecule has 1 aliphatic carbocycles. The van der Waals surface area contributed by atoms with Gasteiger partial charge < -0.3 is 52.8 Å². The fraction of sp³-hybridized carbons (Fsp3) is 0.585. The number of hydrogen-bond donors (Lipinski definition) is 1. The predicted octanol–water partition coefficient (Wildman–Crippen LogP) is 9.30. The zero-order valence-electron chi connectivity index (χ0n) is 43.9. The van der Waals surface area contributed by atoms with E-state index in [0.717, 1.165) is 11.3 Å². The Labute approximate surface area is 418 Å². The van der Waals surface area contributed by atoms with Crippen LogP contribution in [0.4, 0.5) is 20.2 Å². The number of para-hydroxylation sites is 1. The summed E-state index contributed by atoms with van der Waals surface area (Å²) in [5, 5.41) is 3.40. The van der Waals surface area contributed by atoms with Crippen LogP contribution in [0.3, 0.4) is 0 Å². The molecule has 6 rings (SSSR count). The number of esters is 1. The van der Waals surface area contributed by atoms with Crippen LogP contribution in [0, 0.1) is 5.92 Å². The maximum absolute atomic E-state index is 13.8. The first-order valence-electron chi connectivity index (χ1n) is 24.5. The van der Waals surface area contributed by atoms with E-state index in [1.54, 1.807) is 32.7 Å². The van der Waals surface area contributed by atoms with E-state index in [1.165, 1.54) is 18.3 Å². The molecule has 2 aromatic heterocycles. The first-order valence-corrected chi connectivity index (χ1v) is 24.5. The maximum Gasteiger partial charge on any atom is 0.415 e. The van der Waals surface area contributed by atoms with Gasteiger partial charge in [-0.05, 0) is 144 Å². The fourth-order valence-electron chi connectivity index (χ4n) is 8.96. The SMILES string of the molecule is COC(=O)[C@H](CCN(CCCN(CCc1cccc(Oc2ccccc2)c1)C(=O)OC(C)(C)C)C[C@H]1C[C@@H](n2ccc3c(N(C)C(=O)OC(C)(C)C)ncnc32)[C@@H]2OC(C)(C)O[C@H]12)NC(=O)OC(C)(C)C. The van der Waals surface area contributed by atoms with Crippen LogP contribution < -0.4 is 15.0 Å². The first-order chi connectivity index (χ1) is 33.3. The highest BCUT2D eigenvalue weighted by atomic mass is 16.8. The lowest BCUT2D eigenvalue weighted by Gasteiger charge is -2.31. The molecule has 1 saturated carbocycles. The van der Waals surface area contributed by atoms with Crippen molar-refractivity contribution in [1.29, 1.82) is 0 Å². The van der Waals surface area contributed by atoms with Crippen LogP contribution >= 0.6 is 0 Å². The lowest BCUT2D eigenvalue weighted by Crippen LogP contribution is -2.46. The summed E-state index contributed by atoms with van der Waals surface area (Å²) in [5.41, 5.74) is -0.563. The van der Waals surface area contributed by atoms with Crippen LogP contribution in [0.1, 0.15) is 107 Å². The number of aromatic nitrogens is 3. The largest absolute Gasteiger partial charge is 0.467 e. The lowest BCUT2D eigenvalue weighted by atomic mass is 10.0. The average molecular weight is 986 g/mol. The Morgan fingerprint density at radius 3 is 2.14 bits per heavy atom. The van der Waals surface area contributed by atoms with Crippen molar-refractivity contribution in [3.8, 4) is 11.5 Å². The van der Waals surface area contributed by atoms with Crippen molar-refractivity contribution in [2.45, 2.75) is 149 Å². The number of nitrogens with one attached hydrogen (secondary N) is 1. The average Bonchev–Trinajstić information content (AvgIpc) is 3.94. The molecule has 4 aromatic rings. The Kier molecular flexibility index (Phi) is 17.3. The van der Waals surface area contributed by atoms with Gasteiger partial charge in [0.05, 0.1) is 24.6 Å².